The molecule has 9 heteroatoms. The maximum Gasteiger partial charge on any atom is 0.227 e. The maximum atomic E-state index is 12.2. The van der Waals surface area contributed by atoms with Gasteiger partial charge in [-0.05, 0) is 35.0 Å². The molecular formula is C16H19N7O2. The summed E-state index contributed by atoms with van der Waals surface area (Å²) in [7, 11) is 0. The fraction of sp³-hybridized carbons (Fsp3) is 0.375. The summed E-state index contributed by atoms with van der Waals surface area (Å²) in [5.74, 6) is 1.20. The summed E-state index contributed by atoms with van der Waals surface area (Å²) >= 11 is 0. The van der Waals surface area contributed by atoms with Gasteiger partial charge in [0.25, 0.3) is 0 Å². The zero-order valence-electron chi connectivity index (χ0n) is 14.3. The van der Waals surface area contributed by atoms with E-state index in [1.165, 1.54) is 11.0 Å². The third-order valence-corrected chi connectivity index (χ3v) is 3.67. The van der Waals surface area contributed by atoms with Crippen molar-refractivity contribution in [1.82, 2.24) is 30.3 Å². The van der Waals surface area contributed by atoms with E-state index in [1.54, 1.807) is 0 Å². The Labute approximate surface area is 144 Å². The van der Waals surface area contributed by atoms with E-state index in [0.717, 1.165) is 11.3 Å². The normalized spacial score (nSPS) is 11.0. The summed E-state index contributed by atoms with van der Waals surface area (Å²) in [5.41, 5.74) is 2.43. The standard InChI is InChI=1S/C16H19N7O2/c1-10(2)16-19-15(25-20-16)7-6-14(24)18-13-8-12(5-4-11(13)3)23-9-17-21-22-23/h4-5,8-10H,6-7H2,1-3H3,(H,18,24). The van der Waals surface area contributed by atoms with Gasteiger partial charge in [-0.1, -0.05) is 25.1 Å². The van der Waals surface area contributed by atoms with Crippen molar-refractivity contribution in [1.29, 1.82) is 0 Å². The van der Waals surface area contributed by atoms with E-state index in [1.807, 2.05) is 39.0 Å². The van der Waals surface area contributed by atoms with Crippen molar-refractivity contribution in [3.63, 3.8) is 0 Å². The molecule has 130 valence electrons. The molecule has 3 rings (SSSR count). The maximum absolute atomic E-state index is 12.2. The largest absolute Gasteiger partial charge is 0.339 e. The van der Waals surface area contributed by atoms with Crippen LogP contribution in [-0.2, 0) is 11.2 Å². The number of benzene rings is 1. The minimum absolute atomic E-state index is 0.124. The number of hydrogen-bond acceptors (Lipinski definition) is 7. The van der Waals surface area contributed by atoms with Gasteiger partial charge in [-0.2, -0.15) is 4.98 Å². The smallest absolute Gasteiger partial charge is 0.227 e. The molecular weight excluding hydrogens is 322 g/mol. The molecule has 0 unspecified atom stereocenters. The zero-order chi connectivity index (χ0) is 17.8. The van der Waals surface area contributed by atoms with Gasteiger partial charge in [-0.25, -0.2) is 4.68 Å². The summed E-state index contributed by atoms with van der Waals surface area (Å²) in [6.07, 6.45) is 2.16. The molecule has 2 aromatic heterocycles. The Morgan fingerprint density at radius 3 is 2.88 bits per heavy atom. The highest BCUT2D eigenvalue weighted by Crippen LogP contribution is 2.19. The van der Waals surface area contributed by atoms with Gasteiger partial charge in [0.15, 0.2) is 5.82 Å². The van der Waals surface area contributed by atoms with E-state index >= 15 is 0 Å². The van der Waals surface area contributed by atoms with Crippen LogP contribution in [0.5, 0.6) is 0 Å². The number of tetrazole rings is 1. The van der Waals surface area contributed by atoms with Crippen molar-refractivity contribution in [2.75, 3.05) is 5.32 Å². The summed E-state index contributed by atoms with van der Waals surface area (Å²) in [5, 5.41) is 17.9. The molecule has 0 spiro atoms. The van der Waals surface area contributed by atoms with Crippen molar-refractivity contribution in [2.45, 2.75) is 39.5 Å². The number of hydrogen-bond donors (Lipinski definition) is 1. The van der Waals surface area contributed by atoms with Crippen molar-refractivity contribution in [3.05, 3.63) is 41.8 Å². The molecule has 1 amide bonds. The van der Waals surface area contributed by atoms with Gasteiger partial charge in [0.2, 0.25) is 11.8 Å². The fourth-order valence-corrected chi connectivity index (χ4v) is 2.20. The Balaban J connectivity index is 1.63. The average molecular weight is 341 g/mol. The molecule has 0 aliphatic rings. The molecule has 25 heavy (non-hydrogen) atoms. The Kier molecular flexibility index (Phi) is 4.82. The predicted molar refractivity (Wildman–Crippen MR) is 89.2 cm³/mol. The number of rotatable bonds is 6. The van der Waals surface area contributed by atoms with Crippen LogP contribution >= 0.6 is 0 Å². The first-order valence-corrected chi connectivity index (χ1v) is 7.99. The number of nitrogens with zero attached hydrogens (tertiary/aromatic N) is 6. The van der Waals surface area contributed by atoms with Crippen LogP contribution in [-0.4, -0.2) is 36.3 Å². The van der Waals surface area contributed by atoms with Crippen LogP contribution in [0.25, 0.3) is 5.69 Å². The summed E-state index contributed by atoms with van der Waals surface area (Å²) in [6, 6.07) is 5.61. The van der Waals surface area contributed by atoms with Crippen LogP contribution in [0, 0.1) is 6.92 Å². The van der Waals surface area contributed by atoms with Crippen LogP contribution in [0.2, 0.25) is 0 Å². The molecule has 0 aliphatic carbocycles. The van der Waals surface area contributed by atoms with Gasteiger partial charge >= 0.3 is 0 Å². The second-order valence-corrected chi connectivity index (χ2v) is 6.00. The molecule has 0 fully saturated rings. The van der Waals surface area contributed by atoms with Crippen LogP contribution in [0.4, 0.5) is 5.69 Å². The molecule has 0 bridgehead atoms. The zero-order valence-corrected chi connectivity index (χ0v) is 14.3. The number of carbonyl (C=O) groups is 1. The van der Waals surface area contributed by atoms with Gasteiger partial charge in [0.1, 0.15) is 6.33 Å². The first kappa shape index (κ1) is 16.7. The number of anilines is 1. The molecule has 1 N–H and O–H groups in total. The van der Waals surface area contributed by atoms with Crippen LogP contribution in [0.1, 0.15) is 43.5 Å². The molecule has 0 atom stereocenters. The fourth-order valence-electron chi connectivity index (χ4n) is 2.20. The highest BCUT2D eigenvalue weighted by Gasteiger charge is 2.12. The molecule has 9 nitrogen and oxygen atoms in total. The lowest BCUT2D eigenvalue weighted by Crippen LogP contribution is -2.13. The van der Waals surface area contributed by atoms with E-state index in [9.17, 15) is 4.79 Å². The highest BCUT2D eigenvalue weighted by molar-refractivity contribution is 5.91. The highest BCUT2D eigenvalue weighted by atomic mass is 16.5. The molecule has 3 aromatic rings. The average Bonchev–Trinajstić information content (AvgIpc) is 3.26. The SMILES string of the molecule is Cc1ccc(-n2cnnn2)cc1NC(=O)CCc1nc(C(C)C)no1. The van der Waals surface area contributed by atoms with Crippen molar-refractivity contribution < 1.29 is 9.32 Å². The van der Waals surface area contributed by atoms with Gasteiger partial charge in [0, 0.05) is 24.4 Å². The monoisotopic (exact) mass is 341 g/mol. The third kappa shape index (κ3) is 4.06. The van der Waals surface area contributed by atoms with Gasteiger partial charge in [-0.15, -0.1) is 5.10 Å². The molecule has 0 saturated heterocycles. The van der Waals surface area contributed by atoms with Crippen LogP contribution < -0.4 is 5.32 Å². The molecule has 0 aliphatic heterocycles. The number of aryl methyl sites for hydroxylation is 2. The number of carbonyl (C=O) groups excluding carboxylic acids is 1. The topological polar surface area (TPSA) is 112 Å². The Morgan fingerprint density at radius 1 is 1.36 bits per heavy atom. The summed E-state index contributed by atoms with van der Waals surface area (Å²) in [4.78, 5) is 16.5. The molecule has 1 aromatic carbocycles. The Morgan fingerprint density at radius 2 is 2.20 bits per heavy atom. The van der Waals surface area contributed by atoms with Crippen molar-refractivity contribution in [3.8, 4) is 5.69 Å². The van der Waals surface area contributed by atoms with E-state index < -0.39 is 0 Å². The lowest BCUT2D eigenvalue weighted by atomic mass is 10.1. The molecule has 2 heterocycles. The lowest BCUT2D eigenvalue weighted by Gasteiger charge is -2.10. The number of aromatic nitrogens is 6. The summed E-state index contributed by atoms with van der Waals surface area (Å²) < 4.78 is 6.68. The number of nitrogens with one attached hydrogen (secondary N) is 1. The quantitative estimate of drug-likeness (QED) is 0.730. The van der Waals surface area contributed by atoms with Crippen molar-refractivity contribution >= 4 is 11.6 Å². The first-order valence-electron chi connectivity index (χ1n) is 7.99. The number of amides is 1. The van der Waals surface area contributed by atoms with Crippen LogP contribution in [0.15, 0.2) is 29.0 Å². The van der Waals surface area contributed by atoms with E-state index in [4.69, 9.17) is 4.52 Å². The first-order chi connectivity index (χ1) is 12.0. The third-order valence-electron chi connectivity index (χ3n) is 3.67. The molecule has 0 radical (unpaired) electrons. The van der Waals surface area contributed by atoms with E-state index in [-0.39, 0.29) is 18.2 Å². The van der Waals surface area contributed by atoms with Gasteiger partial charge < -0.3 is 9.84 Å². The van der Waals surface area contributed by atoms with Gasteiger partial charge in [-0.3, -0.25) is 4.79 Å². The Hall–Kier alpha value is -3.10. The minimum Gasteiger partial charge on any atom is -0.339 e. The lowest BCUT2D eigenvalue weighted by molar-refractivity contribution is -0.116. The predicted octanol–water partition coefficient (Wildman–Crippen LogP) is 2.05. The van der Waals surface area contributed by atoms with Crippen LogP contribution in [0.3, 0.4) is 0 Å². The summed E-state index contributed by atoms with van der Waals surface area (Å²) in [6.45, 7) is 5.90. The minimum atomic E-state index is -0.124. The van der Waals surface area contributed by atoms with Crippen molar-refractivity contribution in [2.24, 2.45) is 0 Å². The van der Waals surface area contributed by atoms with E-state index in [2.05, 4.69) is 31.0 Å². The molecule has 0 saturated carbocycles. The van der Waals surface area contributed by atoms with E-state index in [0.29, 0.717) is 23.8 Å². The Bertz CT molecular complexity index is 855. The van der Waals surface area contributed by atoms with Gasteiger partial charge in [0.05, 0.1) is 5.69 Å². The second-order valence-electron chi connectivity index (χ2n) is 6.00. The second kappa shape index (κ2) is 7.20.